The number of hydrogen-bond acceptors (Lipinski definition) is 7. The average Bonchev–Trinajstić information content (AvgIpc) is 2.66. The zero-order valence-corrected chi connectivity index (χ0v) is 16.0. The predicted octanol–water partition coefficient (Wildman–Crippen LogP) is 1.65. The van der Waals surface area contributed by atoms with E-state index in [1.165, 1.54) is 0 Å². The molecule has 0 radical (unpaired) electrons. The number of carbonyl (C=O) groups excluding carboxylic acids is 1. The molecule has 1 aromatic rings. The Morgan fingerprint density at radius 3 is 2.70 bits per heavy atom. The number of methoxy groups -OCH3 is 1. The number of rotatable bonds is 5. The van der Waals surface area contributed by atoms with Crippen LogP contribution in [0.5, 0.6) is 5.75 Å². The van der Waals surface area contributed by atoms with Crippen LogP contribution in [0, 0.1) is 0 Å². The molecule has 1 saturated heterocycles. The predicted molar refractivity (Wildman–Crippen MR) is 107 cm³/mol. The van der Waals surface area contributed by atoms with Crippen LogP contribution < -0.4 is 21.1 Å². The highest BCUT2D eigenvalue weighted by Crippen LogP contribution is 2.37. The van der Waals surface area contributed by atoms with E-state index in [4.69, 9.17) is 16.2 Å². The van der Waals surface area contributed by atoms with Gasteiger partial charge in [0.05, 0.1) is 7.11 Å². The SMILES string of the molecule is CCCCC(=O)N1CCC2(CC1)N=C(N)N=C(N)N2c1cccc(OC)c1. The van der Waals surface area contributed by atoms with Crippen LogP contribution >= 0.6 is 0 Å². The van der Waals surface area contributed by atoms with E-state index in [0.29, 0.717) is 38.3 Å². The fourth-order valence-corrected chi connectivity index (χ4v) is 3.73. The number of carbonyl (C=O) groups is 1. The Bertz CT molecular complexity index is 752. The van der Waals surface area contributed by atoms with Crippen molar-refractivity contribution in [3.63, 3.8) is 0 Å². The van der Waals surface area contributed by atoms with Gasteiger partial charge in [0.1, 0.15) is 11.4 Å². The summed E-state index contributed by atoms with van der Waals surface area (Å²) in [5.74, 6) is 1.41. The third kappa shape index (κ3) is 3.84. The quantitative estimate of drug-likeness (QED) is 0.817. The number of ether oxygens (including phenoxy) is 1. The molecule has 1 aromatic carbocycles. The topological polar surface area (TPSA) is 110 Å². The number of unbranched alkanes of at least 4 members (excludes halogenated alkanes) is 1. The highest BCUT2D eigenvalue weighted by Gasteiger charge is 2.44. The Balaban J connectivity index is 1.85. The van der Waals surface area contributed by atoms with Crippen molar-refractivity contribution in [3.05, 3.63) is 24.3 Å². The molecule has 146 valence electrons. The van der Waals surface area contributed by atoms with Crippen LogP contribution in [0.4, 0.5) is 5.69 Å². The molecule has 0 bridgehead atoms. The van der Waals surface area contributed by atoms with Gasteiger partial charge in [-0.3, -0.25) is 9.69 Å². The molecule has 0 unspecified atom stereocenters. The molecule has 2 aliphatic heterocycles. The van der Waals surface area contributed by atoms with Crippen LogP contribution in [-0.2, 0) is 4.79 Å². The summed E-state index contributed by atoms with van der Waals surface area (Å²) in [6, 6.07) is 7.63. The molecule has 1 fully saturated rings. The molecule has 0 atom stereocenters. The van der Waals surface area contributed by atoms with E-state index in [0.717, 1.165) is 24.3 Å². The molecule has 4 N–H and O–H groups in total. The van der Waals surface area contributed by atoms with Crippen molar-refractivity contribution in [2.75, 3.05) is 25.1 Å². The fourth-order valence-electron chi connectivity index (χ4n) is 3.73. The lowest BCUT2D eigenvalue weighted by Gasteiger charge is -2.47. The summed E-state index contributed by atoms with van der Waals surface area (Å²) in [7, 11) is 1.62. The summed E-state index contributed by atoms with van der Waals surface area (Å²) in [5, 5.41) is 0. The molecular weight excluding hydrogens is 344 g/mol. The van der Waals surface area contributed by atoms with E-state index in [1.54, 1.807) is 7.11 Å². The monoisotopic (exact) mass is 372 g/mol. The lowest BCUT2D eigenvalue weighted by atomic mass is 9.93. The number of benzene rings is 1. The highest BCUT2D eigenvalue weighted by atomic mass is 16.5. The molecule has 3 rings (SSSR count). The number of likely N-dealkylation sites (tertiary alicyclic amines) is 1. The maximum atomic E-state index is 12.4. The Morgan fingerprint density at radius 2 is 2.04 bits per heavy atom. The normalized spacial score (nSPS) is 18.9. The van der Waals surface area contributed by atoms with Gasteiger partial charge < -0.3 is 21.1 Å². The van der Waals surface area contributed by atoms with Gasteiger partial charge in [0.2, 0.25) is 17.8 Å². The van der Waals surface area contributed by atoms with Crippen molar-refractivity contribution < 1.29 is 9.53 Å². The average molecular weight is 372 g/mol. The summed E-state index contributed by atoms with van der Waals surface area (Å²) >= 11 is 0. The Labute approximate surface area is 159 Å². The minimum absolute atomic E-state index is 0.178. The molecule has 8 nitrogen and oxygen atoms in total. The van der Waals surface area contributed by atoms with Gasteiger partial charge in [-0.2, -0.15) is 4.99 Å². The van der Waals surface area contributed by atoms with Gasteiger partial charge in [-0.1, -0.05) is 19.4 Å². The molecule has 0 aliphatic carbocycles. The molecular formula is C19H28N6O2. The molecule has 1 spiro atoms. The first-order valence-electron chi connectivity index (χ1n) is 9.40. The van der Waals surface area contributed by atoms with E-state index < -0.39 is 5.66 Å². The van der Waals surface area contributed by atoms with E-state index in [2.05, 4.69) is 16.9 Å². The number of piperidine rings is 1. The second kappa shape index (κ2) is 7.85. The number of aliphatic imine (C=N–C) groups is 2. The molecule has 0 aromatic heterocycles. The molecule has 2 heterocycles. The first kappa shape index (κ1) is 19.0. The summed E-state index contributed by atoms with van der Waals surface area (Å²) in [6.45, 7) is 3.33. The number of hydrogen-bond donors (Lipinski definition) is 2. The maximum absolute atomic E-state index is 12.4. The molecule has 2 aliphatic rings. The number of nitrogens with zero attached hydrogens (tertiary/aromatic N) is 4. The standard InChI is InChI=1S/C19H28N6O2/c1-3-4-8-16(26)24-11-9-19(10-12-24)23-17(20)22-18(21)25(19)14-6-5-7-15(13-14)27-2/h5-7,13H,3-4,8-12H2,1-2H3,(H4,20,21,22,23). The van der Waals surface area contributed by atoms with Crippen LogP contribution in [-0.4, -0.2) is 48.6 Å². The minimum atomic E-state index is -0.635. The second-order valence-electron chi connectivity index (χ2n) is 6.94. The number of guanidine groups is 2. The summed E-state index contributed by atoms with van der Waals surface area (Å²) in [5.41, 5.74) is 12.4. The summed E-state index contributed by atoms with van der Waals surface area (Å²) < 4.78 is 5.34. The van der Waals surface area contributed by atoms with Gasteiger partial charge in [0.25, 0.3) is 0 Å². The van der Waals surface area contributed by atoms with Crippen molar-refractivity contribution in [2.45, 2.75) is 44.7 Å². The smallest absolute Gasteiger partial charge is 0.222 e. The summed E-state index contributed by atoms with van der Waals surface area (Å²) in [6.07, 6.45) is 3.80. The lowest BCUT2D eigenvalue weighted by molar-refractivity contribution is -0.132. The Kier molecular flexibility index (Phi) is 5.53. The van der Waals surface area contributed by atoms with Gasteiger partial charge in [0.15, 0.2) is 0 Å². The van der Waals surface area contributed by atoms with Gasteiger partial charge in [-0.15, -0.1) is 0 Å². The van der Waals surface area contributed by atoms with E-state index in [9.17, 15) is 4.79 Å². The number of nitrogens with two attached hydrogens (primary N) is 2. The van der Waals surface area contributed by atoms with Gasteiger partial charge in [-0.25, -0.2) is 4.99 Å². The van der Waals surface area contributed by atoms with Crippen LogP contribution in [0.1, 0.15) is 39.0 Å². The van der Waals surface area contributed by atoms with Crippen molar-refractivity contribution in [2.24, 2.45) is 21.5 Å². The molecule has 8 heteroatoms. The summed E-state index contributed by atoms with van der Waals surface area (Å²) in [4.78, 5) is 25.0. The van der Waals surface area contributed by atoms with Gasteiger partial charge >= 0.3 is 0 Å². The van der Waals surface area contributed by atoms with Crippen LogP contribution in [0.15, 0.2) is 34.3 Å². The maximum Gasteiger partial charge on any atom is 0.222 e. The van der Waals surface area contributed by atoms with E-state index >= 15 is 0 Å². The highest BCUT2D eigenvalue weighted by molar-refractivity contribution is 6.05. The molecule has 0 saturated carbocycles. The van der Waals surface area contributed by atoms with Gasteiger partial charge in [0, 0.05) is 44.1 Å². The molecule has 1 amide bonds. The third-order valence-electron chi connectivity index (χ3n) is 5.17. The molecule has 27 heavy (non-hydrogen) atoms. The minimum Gasteiger partial charge on any atom is -0.497 e. The van der Waals surface area contributed by atoms with Crippen molar-refractivity contribution in [1.29, 1.82) is 0 Å². The van der Waals surface area contributed by atoms with Crippen LogP contribution in [0.2, 0.25) is 0 Å². The van der Waals surface area contributed by atoms with Crippen molar-refractivity contribution >= 4 is 23.5 Å². The van der Waals surface area contributed by atoms with Crippen molar-refractivity contribution in [1.82, 2.24) is 4.90 Å². The van der Waals surface area contributed by atoms with Crippen LogP contribution in [0.3, 0.4) is 0 Å². The lowest BCUT2D eigenvalue weighted by Crippen LogP contribution is -2.61. The largest absolute Gasteiger partial charge is 0.497 e. The van der Waals surface area contributed by atoms with E-state index in [1.807, 2.05) is 34.1 Å². The zero-order chi connectivity index (χ0) is 19.4. The number of amides is 1. The Hall–Kier alpha value is -2.77. The second-order valence-corrected chi connectivity index (χ2v) is 6.94. The number of anilines is 1. The first-order valence-corrected chi connectivity index (χ1v) is 9.40. The zero-order valence-electron chi connectivity index (χ0n) is 16.0. The fraction of sp³-hybridized carbons (Fsp3) is 0.526. The first-order chi connectivity index (χ1) is 13.0. The van der Waals surface area contributed by atoms with Crippen molar-refractivity contribution in [3.8, 4) is 5.75 Å². The Morgan fingerprint density at radius 1 is 1.30 bits per heavy atom. The van der Waals surface area contributed by atoms with Crippen LogP contribution in [0.25, 0.3) is 0 Å². The third-order valence-corrected chi connectivity index (χ3v) is 5.17. The van der Waals surface area contributed by atoms with Gasteiger partial charge in [-0.05, 0) is 18.6 Å². The van der Waals surface area contributed by atoms with E-state index in [-0.39, 0.29) is 11.9 Å².